The molecule has 0 spiro atoms. The van der Waals surface area contributed by atoms with Crippen molar-refractivity contribution in [3.05, 3.63) is 102 Å². The standard InChI is InChI=1S/C32H38Si/c1-21-25-15-10-11-16-26(25)22(2)31(21)33(3,4)32-28-19-18-24-14-8-9-17-27(24)30(28)20-29(32)23-12-6-5-7-13-23/h5-19,21-22,25-26,28-32H,20H2,1-4H3. The first kappa shape index (κ1) is 21.4. The van der Waals surface area contributed by atoms with Crippen LogP contribution in [0.3, 0.4) is 0 Å². The van der Waals surface area contributed by atoms with E-state index in [1.54, 1.807) is 11.1 Å². The molecule has 6 rings (SSSR count). The molecule has 1 heteroatoms. The smallest absolute Gasteiger partial charge is 0.0553 e. The molecular weight excluding hydrogens is 412 g/mol. The molecule has 8 unspecified atom stereocenters. The lowest BCUT2D eigenvalue weighted by molar-refractivity contribution is 0.427. The van der Waals surface area contributed by atoms with E-state index in [1.165, 1.54) is 12.0 Å². The SMILES string of the molecule is CC1C2C=CC=CC2C(C)C1[Si](C)(C)C1C(c2ccccc2)CC2c3ccccc3C=CC21. The first-order valence-electron chi connectivity index (χ1n) is 13.2. The van der Waals surface area contributed by atoms with Crippen LogP contribution in [-0.4, -0.2) is 8.07 Å². The van der Waals surface area contributed by atoms with E-state index in [2.05, 4.69) is 118 Å². The average molecular weight is 451 g/mol. The van der Waals surface area contributed by atoms with Crippen LogP contribution in [0.1, 0.15) is 48.8 Å². The molecule has 4 aliphatic carbocycles. The second-order valence-corrected chi connectivity index (χ2v) is 16.9. The lowest BCUT2D eigenvalue weighted by Gasteiger charge is -2.46. The van der Waals surface area contributed by atoms with Crippen LogP contribution in [0.15, 0.2) is 85.0 Å². The Morgan fingerprint density at radius 2 is 1.30 bits per heavy atom. The van der Waals surface area contributed by atoms with Crippen molar-refractivity contribution < 1.29 is 0 Å². The zero-order chi connectivity index (χ0) is 22.7. The Kier molecular flexibility index (Phi) is 5.18. The Morgan fingerprint density at radius 1 is 0.667 bits per heavy atom. The van der Waals surface area contributed by atoms with Gasteiger partial charge in [0.1, 0.15) is 0 Å². The normalized spacial score (nSPS) is 38.7. The van der Waals surface area contributed by atoms with E-state index in [9.17, 15) is 0 Å². The number of allylic oxidation sites excluding steroid dienone is 5. The number of rotatable bonds is 3. The van der Waals surface area contributed by atoms with E-state index in [0.29, 0.717) is 17.8 Å². The van der Waals surface area contributed by atoms with Gasteiger partial charge in [0.25, 0.3) is 0 Å². The van der Waals surface area contributed by atoms with Crippen LogP contribution in [0.25, 0.3) is 6.08 Å². The molecule has 0 heterocycles. The Bertz CT molecular complexity index is 1080. The largest absolute Gasteiger partial charge is 0.0806 e. The molecule has 170 valence electrons. The van der Waals surface area contributed by atoms with Gasteiger partial charge in [-0.25, -0.2) is 0 Å². The van der Waals surface area contributed by atoms with Gasteiger partial charge in [-0.15, -0.1) is 0 Å². The average Bonchev–Trinajstić information content (AvgIpc) is 3.37. The molecule has 0 aliphatic heterocycles. The Balaban J connectivity index is 1.44. The van der Waals surface area contributed by atoms with Crippen molar-refractivity contribution >= 4 is 14.1 Å². The summed E-state index contributed by atoms with van der Waals surface area (Å²) in [5, 5.41) is 0. The third-order valence-electron chi connectivity index (χ3n) is 10.2. The van der Waals surface area contributed by atoms with E-state index < -0.39 is 8.07 Å². The summed E-state index contributed by atoms with van der Waals surface area (Å²) in [6, 6.07) is 20.7. The minimum atomic E-state index is -1.65. The zero-order valence-corrected chi connectivity index (χ0v) is 21.6. The predicted molar refractivity (Wildman–Crippen MR) is 144 cm³/mol. The van der Waals surface area contributed by atoms with Crippen LogP contribution >= 0.6 is 0 Å². The van der Waals surface area contributed by atoms with Crippen molar-refractivity contribution in [2.75, 3.05) is 0 Å². The number of benzene rings is 2. The van der Waals surface area contributed by atoms with Gasteiger partial charge in [0.05, 0.1) is 8.07 Å². The van der Waals surface area contributed by atoms with E-state index in [0.717, 1.165) is 34.8 Å². The van der Waals surface area contributed by atoms with Gasteiger partial charge in [-0.1, -0.05) is 118 Å². The monoisotopic (exact) mass is 450 g/mol. The summed E-state index contributed by atoms with van der Waals surface area (Å²) in [4.78, 5) is 0. The summed E-state index contributed by atoms with van der Waals surface area (Å²) in [5.74, 6) is 5.05. The third kappa shape index (κ3) is 3.22. The van der Waals surface area contributed by atoms with Gasteiger partial charge in [0.2, 0.25) is 0 Å². The summed E-state index contributed by atoms with van der Waals surface area (Å²) in [6.45, 7) is 10.7. The minimum Gasteiger partial charge on any atom is -0.0806 e. The topological polar surface area (TPSA) is 0 Å². The highest BCUT2D eigenvalue weighted by Crippen LogP contribution is 2.66. The fourth-order valence-corrected chi connectivity index (χ4v) is 15.5. The molecule has 2 saturated carbocycles. The van der Waals surface area contributed by atoms with Crippen molar-refractivity contribution in [3.63, 3.8) is 0 Å². The summed E-state index contributed by atoms with van der Waals surface area (Å²) < 4.78 is 0. The van der Waals surface area contributed by atoms with E-state index >= 15 is 0 Å². The Morgan fingerprint density at radius 3 is 2.00 bits per heavy atom. The van der Waals surface area contributed by atoms with E-state index in [1.807, 2.05) is 0 Å². The first-order valence-corrected chi connectivity index (χ1v) is 16.3. The first-order chi connectivity index (χ1) is 16.0. The van der Waals surface area contributed by atoms with Crippen LogP contribution in [0.4, 0.5) is 0 Å². The number of fused-ring (bicyclic) bond motifs is 4. The summed E-state index contributed by atoms with van der Waals surface area (Å²) in [7, 11) is -1.65. The van der Waals surface area contributed by atoms with Crippen molar-refractivity contribution in [3.8, 4) is 0 Å². The van der Waals surface area contributed by atoms with Crippen LogP contribution in [0.2, 0.25) is 24.2 Å². The third-order valence-corrected chi connectivity index (χ3v) is 15.5. The fourth-order valence-electron chi connectivity index (χ4n) is 9.19. The van der Waals surface area contributed by atoms with E-state index in [4.69, 9.17) is 0 Å². The van der Waals surface area contributed by atoms with Gasteiger partial charge >= 0.3 is 0 Å². The van der Waals surface area contributed by atoms with E-state index in [-0.39, 0.29) is 0 Å². The molecule has 2 fully saturated rings. The minimum absolute atomic E-state index is 0.669. The molecule has 33 heavy (non-hydrogen) atoms. The molecule has 0 radical (unpaired) electrons. The predicted octanol–water partition coefficient (Wildman–Crippen LogP) is 8.69. The molecule has 4 aliphatic rings. The van der Waals surface area contributed by atoms with Crippen molar-refractivity contribution in [1.82, 2.24) is 0 Å². The molecular formula is C32H38Si. The highest BCUT2D eigenvalue weighted by Gasteiger charge is 2.59. The van der Waals surface area contributed by atoms with Gasteiger partial charge in [0, 0.05) is 0 Å². The van der Waals surface area contributed by atoms with Gasteiger partial charge in [-0.3, -0.25) is 0 Å². The molecule has 0 N–H and O–H groups in total. The molecule has 0 bridgehead atoms. The molecule has 0 nitrogen and oxygen atoms in total. The maximum Gasteiger partial charge on any atom is 0.0553 e. The maximum atomic E-state index is 2.77. The van der Waals surface area contributed by atoms with Crippen LogP contribution in [0.5, 0.6) is 0 Å². The van der Waals surface area contributed by atoms with Gasteiger partial charge in [-0.05, 0) is 75.6 Å². The zero-order valence-electron chi connectivity index (χ0n) is 20.6. The Labute approximate surface area is 201 Å². The lowest BCUT2D eigenvalue weighted by atomic mass is 9.81. The lowest BCUT2D eigenvalue weighted by Crippen LogP contribution is -2.45. The highest BCUT2D eigenvalue weighted by molar-refractivity contribution is 6.80. The van der Waals surface area contributed by atoms with Crippen LogP contribution in [0, 0.1) is 29.6 Å². The summed E-state index contributed by atoms with van der Waals surface area (Å²) in [6.07, 6.45) is 16.1. The summed E-state index contributed by atoms with van der Waals surface area (Å²) >= 11 is 0. The highest BCUT2D eigenvalue weighted by atomic mass is 28.3. The second-order valence-electron chi connectivity index (χ2n) is 11.9. The van der Waals surface area contributed by atoms with Crippen molar-refractivity contribution in [2.45, 2.75) is 56.3 Å². The maximum absolute atomic E-state index is 2.77. The van der Waals surface area contributed by atoms with Crippen LogP contribution < -0.4 is 0 Å². The quantitative estimate of drug-likeness (QED) is 0.410. The molecule has 2 aromatic rings. The molecule has 0 aromatic heterocycles. The fraction of sp³-hybridized carbons (Fsp3) is 0.438. The van der Waals surface area contributed by atoms with Gasteiger partial charge < -0.3 is 0 Å². The van der Waals surface area contributed by atoms with Gasteiger partial charge in [-0.2, -0.15) is 0 Å². The summed E-state index contributed by atoms with van der Waals surface area (Å²) in [5.41, 5.74) is 6.29. The van der Waals surface area contributed by atoms with Crippen molar-refractivity contribution in [1.29, 1.82) is 0 Å². The number of hydrogen-bond donors (Lipinski definition) is 0. The number of hydrogen-bond acceptors (Lipinski definition) is 0. The molecule has 8 atom stereocenters. The molecule has 0 amide bonds. The van der Waals surface area contributed by atoms with Gasteiger partial charge in [0.15, 0.2) is 0 Å². The Hall–Kier alpha value is -2.12. The van der Waals surface area contributed by atoms with Crippen molar-refractivity contribution in [2.24, 2.45) is 29.6 Å². The van der Waals surface area contributed by atoms with Crippen LogP contribution in [-0.2, 0) is 0 Å². The molecule has 0 saturated heterocycles. The molecule has 2 aromatic carbocycles. The second kappa shape index (κ2) is 7.98.